The third-order valence-electron chi connectivity index (χ3n) is 7.42. The van der Waals surface area contributed by atoms with Crippen molar-refractivity contribution in [3.8, 4) is 11.8 Å². The molecule has 0 nitrogen and oxygen atoms in total. The molecule has 0 radical (unpaired) electrons. The number of halogens is 6. The maximum Gasteiger partial charge on any atom is 0.458 e. The van der Waals surface area contributed by atoms with Gasteiger partial charge in [0.05, 0.1) is 10.9 Å². The molecule has 0 amide bonds. The topological polar surface area (TPSA) is 0 Å². The summed E-state index contributed by atoms with van der Waals surface area (Å²) in [7, 11) is 0. The highest BCUT2D eigenvalue weighted by Crippen LogP contribution is 2.38. The van der Waals surface area contributed by atoms with Gasteiger partial charge in [0, 0.05) is 5.92 Å². The molecule has 0 spiro atoms. The average Bonchev–Trinajstić information content (AvgIpc) is 2.77. The zero-order chi connectivity index (χ0) is 24.5. The molecule has 2 aliphatic carbocycles. The fraction of sp³-hybridized carbons (Fsp3) is 0.500. The number of benzene rings is 2. The molecule has 0 saturated heterocycles. The lowest BCUT2D eigenvalue weighted by atomic mass is 9.77. The summed E-state index contributed by atoms with van der Waals surface area (Å²) in [6.07, 6.45) is 7.56. The van der Waals surface area contributed by atoms with Crippen LogP contribution in [0.4, 0.5) is 26.3 Å². The van der Waals surface area contributed by atoms with E-state index in [1.807, 2.05) is 0 Å². The van der Waals surface area contributed by atoms with Crippen LogP contribution < -0.4 is 0 Å². The summed E-state index contributed by atoms with van der Waals surface area (Å²) in [4.78, 5) is 0. The first-order valence-corrected chi connectivity index (χ1v) is 12.0. The first-order valence-electron chi connectivity index (χ1n) is 12.0. The Morgan fingerprint density at radius 2 is 1.59 bits per heavy atom. The number of fused-ring (bicyclic) bond motifs is 1. The molecule has 0 bridgehead atoms. The Kier molecular flexibility index (Phi) is 7.31. The van der Waals surface area contributed by atoms with Gasteiger partial charge >= 0.3 is 6.18 Å². The summed E-state index contributed by atoms with van der Waals surface area (Å²) >= 11 is 0. The van der Waals surface area contributed by atoms with E-state index in [9.17, 15) is 26.3 Å². The van der Waals surface area contributed by atoms with Crippen molar-refractivity contribution in [3.63, 3.8) is 0 Å². The number of hydrogen-bond donors (Lipinski definition) is 0. The van der Waals surface area contributed by atoms with E-state index < -0.39 is 34.6 Å². The molecule has 182 valence electrons. The van der Waals surface area contributed by atoms with Gasteiger partial charge in [-0.1, -0.05) is 51.0 Å². The van der Waals surface area contributed by atoms with Gasteiger partial charge in [0.2, 0.25) is 0 Å². The summed E-state index contributed by atoms with van der Waals surface area (Å²) in [6.45, 7) is 2.32. The molecular weight excluding hydrogens is 450 g/mol. The molecule has 0 N–H and O–H groups in total. The summed E-state index contributed by atoms with van der Waals surface area (Å²) in [5.41, 5.74) is 0.409. The van der Waals surface area contributed by atoms with Crippen LogP contribution in [-0.4, -0.2) is 6.18 Å². The van der Waals surface area contributed by atoms with Crippen molar-refractivity contribution in [1.82, 2.24) is 0 Å². The van der Waals surface area contributed by atoms with Crippen LogP contribution in [0.15, 0.2) is 24.3 Å². The van der Waals surface area contributed by atoms with Crippen molar-refractivity contribution < 1.29 is 26.3 Å². The van der Waals surface area contributed by atoms with E-state index in [-0.39, 0.29) is 5.39 Å². The van der Waals surface area contributed by atoms with Gasteiger partial charge in [-0.3, -0.25) is 0 Å². The van der Waals surface area contributed by atoms with E-state index >= 15 is 0 Å². The summed E-state index contributed by atoms with van der Waals surface area (Å²) in [5.74, 6) is 0.979. The van der Waals surface area contributed by atoms with Crippen molar-refractivity contribution in [3.05, 3.63) is 52.9 Å². The Morgan fingerprint density at radius 3 is 2.24 bits per heavy atom. The van der Waals surface area contributed by atoms with Crippen LogP contribution in [0.2, 0.25) is 0 Å². The highest BCUT2D eigenvalue weighted by molar-refractivity contribution is 5.89. The zero-order valence-corrected chi connectivity index (χ0v) is 19.2. The molecule has 1 fully saturated rings. The minimum absolute atomic E-state index is 0.0305. The maximum atomic E-state index is 14.8. The Labute approximate surface area is 196 Å². The van der Waals surface area contributed by atoms with Crippen molar-refractivity contribution in [2.24, 2.45) is 17.8 Å². The smallest absolute Gasteiger partial charge is 0.206 e. The van der Waals surface area contributed by atoms with Gasteiger partial charge in [0.15, 0.2) is 5.82 Å². The molecule has 0 aromatic heterocycles. The second-order valence-electron chi connectivity index (χ2n) is 9.92. The highest BCUT2D eigenvalue weighted by Gasteiger charge is 2.25. The number of alkyl halides is 3. The summed E-state index contributed by atoms with van der Waals surface area (Å²) in [6, 6.07) is 3.53. The normalized spacial score (nSPS) is 23.4. The first kappa shape index (κ1) is 24.7. The van der Waals surface area contributed by atoms with Crippen molar-refractivity contribution in [2.75, 3.05) is 0 Å². The van der Waals surface area contributed by atoms with Gasteiger partial charge < -0.3 is 0 Å². The van der Waals surface area contributed by atoms with Crippen LogP contribution in [0.5, 0.6) is 0 Å². The zero-order valence-electron chi connectivity index (χ0n) is 19.2. The Hall–Kier alpha value is -2.42. The van der Waals surface area contributed by atoms with Crippen LogP contribution in [0.3, 0.4) is 0 Å². The van der Waals surface area contributed by atoms with Gasteiger partial charge in [-0.05, 0) is 78.2 Å². The molecule has 0 heterocycles. The molecule has 6 heteroatoms. The Bertz CT molecular complexity index is 1140. The SMILES string of the molecule is CC1CCC(CCC2CC=C(c3cc(F)c4c(F)c(C#CC(F)(F)F)c(F)cc4c3)CC2)CC1. The van der Waals surface area contributed by atoms with Gasteiger partial charge in [-0.2, -0.15) is 13.2 Å². The molecule has 2 aromatic rings. The van der Waals surface area contributed by atoms with E-state index in [0.717, 1.165) is 48.7 Å². The van der Waals surface area contributed by atoms with Gasteiger partial charge in [-0.15, -0.1) is 0 Å². The Balaban J connectivity index is 1.50. The quantitative estimate of drug-likeness (QED) is 0.304. The predicted octanol–water partition coefficient (Wildman–Crippen LogP) is 8.96. The fourth-order valence-corrected chi connectivity index (χ4v) is 5.35. The molecule has 2 aromatic carbocycles. The largest absolute Gasteiger partial charge is 0.458 e. The van der Waals surface area contributed by atoms with Crippen molar-refractivity contribution >= 4 is 16.3 Å². The van der Waals surface area contributed by atoms with Crippen molar-refractivity contribution in [2.45, 2.75) is 70.9 Å². The second kappa shape index (κ2) is 10.1. The molecule has 1 saturated carbocycles. The number of hydrogen-bond acceptors (Lipinski definition) is 0. The lowest BCUT2D eigenvalue weighted by Gasteiger charge is -2.28. The first-order chi connectivity index (χ1) is 16.1. The molecule has 1 atom stereocenters. The third-order valence-corrected chi connectivity index (χ3v) is 7.42. The van der Waals surface area contributed by atoms with Crippen LogP contribution in [0.1, 0.15) is 75.8 Å². The minimum Gasteiger partial charge on any atom is -0.206 e. The van der Waals surface area contributed by atoms with Gasteiger partial charge in [-0.25, -0.2) is 13.2 Å². The summed E-state index contributed by atoms with van der Waals surface area (Å²) < 4.78 is 80.9. The van der Waals surface area contributed by atoms with E-state index in [4.69, 9.17) is 0 Å². The molecule has 4 rings (SSSR count). The molecular formula is C28H28F6. The van der Waals surface area contributed by atoms with Gasteiger partial charge in [0.25, 0.3) is 0 Å². The van der Waals surface area contributed by atoms with Gasteiger partial charge in [0.1, 0.15) is 11.6 Å². The lowest BCUT2D eigenvalue weighted by molar-refractivity contribution is -0.0696. The second-order valence-corrected chi connectivity index (χ2v) is 9.92. The maximum absolute atomic E-state index is 14.8. The van der Waals surface area contributed by atoms with E-state index in [0.29, 0.717) is 11.5 Å². The van der Waals surface area contributed by atoms with Crippen LogP contribution in [-0.2, 0) is 0 Å². The predicted molar refractivity (Wildman–Crippen MR) is 122 cm³/mol. The van der Waals surface area contributed by atoms with Crippen molar-refractivity contribution in [1.29, 1.82) is 0 Å². The molecule has 0 aliphatic heterocycles. The lowest BCUT2D eigenvalue weighted by Crippen LogP contribution is -2.14. The fourth-order valence-electron chi connectivity index (χ4n) is 5.35. The minimum atomic E-state index is -4.91. The summed E-state index contributed by atoms with van der Waals surface area (Å²) in [5, 5.41) is -0.579. The van der Waals surface area contributed by atoms with E-state index in [2.05, 4.69) is 13.0 Å². The van der Waals surface area contributed by atoms with E-state index in [1.54, 1.807) is 0 Å². The molecule has 2 aliphatic rings. The van der Waals surface area contributed by atoms with E-state index in [1.165, 1.54) is 56.6 Å². The van der Waals surface area contributed by atoms with Crippen LogP contribution in [0, 0.1) is 47.0 Å². The molecule has 1 unspecified atom stereocenters. The third kappa shape index (κ3) is 5.79. The Morgan fingerprint density at radius 1 is 0.882 bits per heavy atom. The monoisotopic (exact) mass is 478 g/mol. The highest BCUT2D eigenvalue weighted by atomic mass is 19.4. The average molecular weight is 479 g/mol. The van der Waals surface area contributed by atoms with Crippen LogP contribution >= 0.6 is 0 Å². The standard InChI is InChI=1S/C28H28F6/c1-17-2-4-18(5-3-17)6-7-19-8-10-20(11-9-19)21-14-22-16-24(29)23(12-13-28(32,33)34)27(31)26(22)25(30)15-21/h10,14-19H,2-9,11H2,1H3. The number of allylic oxidation sites excluding steroid dienone is 2. The number of rotatable bonds is 4. The molecule has 34 heavy (non-hydrogen) atoms. The van der Waals surface area contributed by atoms with Crippen LogP contribution in [0.25, 0.3) is 16.3 Å².